The molecule has 26 heavy (non-hydrogen) atoms. The molecule has 6 nitrogen and oxygen atoms in total. The van der Waals surface area contributed by atoms with Crippen LogP contribution in [0.4, 0.5) is 5.69 Å². The summed E-state index contributed by atoms with van der Waals surface area (Å²) in [6, 6.07) is 11.0. The summed E-state index contributed by atoms with van der Waals surface area (Å²) in [5.74, 6) is -1.08. The summed E-state index contributed by atoms with van der Waals surface area (Å²) < 4.78 is 0. The van der Waals surface area contributed by atoms with Gasteiger partial charge in [-0.1, -0.05) is 23.7 Å². The molecule has 1 atom stereocenters. The highest BCUT2D eigenvalue weighted by Crippen LogP contribution is 2.20. The van der Waals surface area contributed by atoms with Gasteiger partial charge in [0.15, 0.2) is 0 Å². The molecule has 1 saturated heterocycles. The van der Waals surface area contributed by atoms with E-state index in [1.165, 1.54) is 0 Å². The first-order valence-electron chi connectivity index (χ1n) is 8.55. The molecule has 2 amide bonds. The van der Waals surface area contributed by atoms with E-state index in [-0.39, 0.29) is 6.04 Å². The minimum absolute atomic E-state index is 0.270. The van der Waals surface area contributed by atoms with Gasteiger partial charge >= 0.3 is 11.8 Å². The first-order valence-corrected chi connectivity index (χ1v) is 8.92. The Hall–Kier alpha value is -2.60. The van der Waals surface area contributed by atoms with Crippen LogP contribution in [0.1, 0.15) is 18.5 Å². The average molecular weight is 373 g/mol. The molecular formula is C19H21ClN4O2. The second-order valence-corrected chi connectivity index (χ2v) is 6.68. The molecule has 1 aromatic heterocycles. The highest BCUT2D eigenvalue weighted by atomic mass is 35.5. The zero-order chi connectivity index (χ0) is 18.5. The van der Waals surface area contributed by atoms with E-state index in [2.05, 4.69) is 15.2 Å². The second-order valence-electron chi connectivity index (χ2n) is 6.24. The Balaban J connectivity index is 1.54. The van der Waals surface area contributed by atoms with Gasteiger partial charge in [0, 0.05) is 49.3 Å². The standard InChI is InChI=1S/C19H21ClN4O2/c1-14(15-4-3-7-21-13-15)22-18(25)19(26)24-10-8-23(9-11-24)17-6-2-5-16(20)12-17/h2-7,12-14H,8-11H2,1H3,(H,22,25)/t14-/m0/s1. The Kier molecular flexibility index (Phi) is 5.73. The van der Waals surface area contributed by atoms with Crippen molar-refractivity contribution in [3.8, 4) is 0 Å². The van der Waals surface area contributed by atoms with E-state index in [1.54, 1.807) is 23.4 Å². The summed E-state index contributed by atoms with van der Waals surface area (Å²) in [7, 11) is 0. The summed E-state index contributed by atoms with van der Waals surface area (Å²) in [6.45, 7) is 4.16. The molecule has 1 fully saturated rings. The molecule has 136 valence electrons. The smallest absolute Gasteiger partial charge is 0.312 e. The van der Waals surface area contributed by atoms with Gasteiger partial charge in [-0.15, -0.1) is 0 Å². The maximum absolute atomic E-state index is 12.4. The number of anilines is 1. The molecule has 7 heteroatoms. The van der Waals surface area contributed by atoms with Gasteiger partial charge in [0.25, 0.3) is 0 Å². The van der Waals surface area contributed by atoms with Crippen LogP contribution in [-0.2, 0) is 9.59 Å². The van der Waals surface area contributed by atoms with Crippen LogP contribution in [0, 0.1) is 0 Å². The third kappa shape index (κ3) is 4.32. The molecular weight excluding hydrogens is 352 g/mol. The number of carbonyl (C=O) groups excluding carboxylic acids is 2. The molecule has 1 aliphatic heterocycles. The Morgan fingerprint density at radius 2 is 1.92 bits per heavy atom. The normalized spacial score (nSPS) is 15.5. The molecule has 0 aliphatic carbocycles. The number of aromatic nitrogens is 1. The average Bonchev–Trinajstić information content (AvgIpc) is 2.68. The van der Waals surface area contributed by atoms with Gasteiger partial charge in [-0.25, -0.2) is 0 Å². The number of rotatable bonds is 3. The number of piperazine rings is 1. The molecule has 3 rings (SSSR count). The van der Waals surface area contributed by atoms with Crippen molar-refractivity contribution in [2.75, 3.05) is 31.1 Å². The Bertz CT molecular complexity index is 776. The van der Waals surface area contributed by atoms with E-state index in [0.29, 0.717) is 31.2 Å². The number of nitrogens with one attached hydrogen (secondary N) is 1. The van der Waals surface area contributed by atoms with Crippen molar-refractivity contribution >= 4 is 29.1 Å². The lowest BCUT2D eigenvalue weighted by Crippen LogP contribution is -2.52. The monoisotopic (exact) mass is 372 g/mol. The number of halogens is 1. The molecule has 1 aliphatic rings. The van der Waals surface area contributed by atoms with Gasteiger partial charge in [0.05, 0.1) is 6.04 Å². The fraction of sp³-hybridized carbons (Fsp3) is 0.316. The predicted molar refractivity (Wildman–Crippen MR) is 101 cm³/mol. The molecule has 2 aromatic rings. The topological polar surface area (TPSA) is 65.5 Å². The first-order chi connectivity index (χ1) is 12.5. The Labute approximate surface area is 157 Å². The molecule has 0 unspecified atom stereocenters. The predicted octanol–water partition coefficient (Wildman–Crippen LogP) is 2.26. The fourth-order valence-electron chi connectivity index (χ4n) is 2.96. The third-order valence-corrected chi connectivity index (χ3v) is 4.70. The van der Waals surface area contributed by atoms with E-state index in [9.17, 15) is 9.59 Å². The lowest BCUT2D eigenvalue weighted by Gasteiger charge is -2.36. The Morgan fingerprint density at radius 1 is 1.15 bits per heavy atom. The zero-order valence-electron chi connectivity index (χ0n) is 14.6. The van der Waals surface area contributed by atoms with Gasteiger partial charge in [-0.2, -0.15) is 0 Å². The molecule has 2 heterocycles. The van der Waals surface area contributed by atoms with Crippen LogP contribution in [0.15, 0.2) is 48.8 Å². The molecule has 0 saturated carbocycles. The van der Waals surface area contributed by atoms with Crippen molar-refractivity contribution in [1.82, 2.24) is 15.2 Å². The van der Waals surface area contributed by atoms with Crippen LogP contribution >= 0.6 is 11.6 Å². The van der Waals surface area contributed by atoms with Crippen LogP contribution in [0.3, 0.4) is 0 Å². The second kappa shape index (κ2) is 8.19. The van der Waals surface area contributed by atoms with Crippen molar-refractivity contribution in [1.29, 1.82) is 0 Å². The SMILES string of the molecule is C[C@H](NC(=O)C(=O)N1CCN(c2cccc(Cl)c2)CC1)c1cccnc1. The van der Waals surface area contributed by atoms with E-state index in [4.69, 9.17) is 11.6 Å². The minimum atomic E-state index is -0.586. The van der Waals surface area contributed by atoms with E-state index in [0.717, 1.165) is 11.3 Å². The lowest BCUT2D eigenvalue weighted by molar-refractivity contribution is -0.146. The van der Waals surface area contributed by atoms with Gasteiger partial charge < -0.3 is 15.1 Å². The summed E-state index contributed by atoms with van der Waals surface area (Å²) in [4.78, 5) is 32.5. The van der Waals surface area contributed by atoms with Gasteiger partial charge in [-0.05, 0) is 36.8 Å². The molecule has 1 aromatic carbocycles. The largest absolute Gasteiger partial charge is 0.368 e. The molecule has 0 spiro atoms. The zero-order valence-corrected chi connectivity index (χ0v) is 15.3. The fourth-order valence-corrected chi connectivity index (χ4v) is 3.14. The van der Waals surface area contributed by atoms with Crippen molar-refractivity contribution in [3.63, 3.8) is 0 Å². The van der Waals surface area contributed by atoms with Gasteiger partial charge in [0.1, 0.15) is 0 Å². The summed E-state index contributed by atoms with van der Waals surface area (Å²) in [6.07, 6.45) is 3.35. The van der Waals surface area contributed by atoms with E-state index < -0.39 is 11.8 Å². The first kappa shape index (κ1) is 18.2. The number of benzene rings is 1. The lowest BCUT2D eigenvalue weighted by atomic mass is 10.1. The maximum atomic E-state index is 12.4. The van der Waals surface area contributed by atoms with Crippen LogP contribution in [-0.4, -0.2) is 47.9 Å². The van der Waals surface area contributed by atoms with Crippen molar-refractivity contribution in [2.24, 2.45) is 0 Å². The van der Waals surface area contributed by atoms with Crippen LogP contribution < -0.4 is 10.2 Å². The quantitative estimate of drug-likeness (QED) is 0.839. The number of hydrogen-bond acceptors (Lipinski definition) is 4. The van der Waals surface area contributed by atoms with Gasteiger partial charge in [0.2, 0.25) is 0 Å². The van der Waals surface area contributed by atoms with Crippen molar-refractivity contribution < 1.29 is 9.59 Å². The van der Waals surface area contributed by atoms with Crippen molar-refractivity contribution in [3.05, 3.63) is 59.4 Å². The molecule has 0 bridgehead atoms. The summed E-state index contributed by atoms with van der Waals surface area (Å²) in [5.41, 5.74) is 1.89. The van der Waals surface area contributed by atoms with E-state index >= 15 is 0 Å². The Morgan fingerprint density at radius 3 is 2.58 bits per heavy atom. The molecule has 0 radical (unpaired) electrons. The number of nitrogens with zero attached hydrogens (tertiary/aromatic N) is 3. The van der Waals surface area contributed by atoms with Crippen LogP contribution in [0.25, 0.3) is 0 Å². The molecule has 1 N–H and O–H groups in total. The maximum Gasteiger partial charge on any atom is 0.312 e. The summed E-state index contributed by atoms with van der Waals surface area (Å²) >= 11 is 6.04. The van der Waals surface area contributed by atoms with Crippen LogP contribution in [0.2, 0.25) is 5.02 Å². The highest BCUT2D eigenvalue weighted by molar-refractivity contribution is 6.35. The van der Waals surface area contributed by atoms with Crippen molar-refractivity contribution in [2.45, 2.75) is 13.0 Å². The third-order valence-electron chi connectivity index (χ3n) is 4.47. The number of hydrogen-bond donors (Lipinski definition) is 1. The number of pyridine rings is 1. The van der Waals surface area contributed by atoms with Gasteiger partial charge in [-0.3, -0.25) is 14.6 Å². The highest BCUT2D eigenvalue weighted by Gasteiger charge is 2.27. The summed E-state index contributed by atoms with van der Waals surface area (Å²) in [5, 5.41) is 3.43. The number of carbonyl (C=O) groups is 2. The van der Waals surface area contributed by atoms with Crippen LogP contribution in [0.5, 0.6) is 0 Å². The minimum Gasteiger partial charge on any atom is -0.368 e. The van der Waals surface area contributed by atoms with E-state index in [1.807, 2.05) is 37.3 Å². The number of amides is 2.